The average molecular weight is 610 g/mol. The van der Waals surface area contributed by atoms with Crippen LogP contribution in [0.5, 0.6) is 0 Å². The third-order valence-electron chi connectivity index (χ3n) is 8.55. The molecule has 43 heavy (non-hydrogen) atoms. The molecule has 2 aliphatic rings. The van der Waals surface area contributed by atoms with E-state index in [0.29, 0.717) is 28.1 Å². The third-order valence-corrected chi connectivity index (χ3v) is 8.83. The molecule has 10 heteroatoms. The molecule has 0 radical (unpaired) electrons. The molecule has 5 rings (SSSR count). The van der Waals surface area contributed by atoms with Gasteiger partial charge in [-0.05, 0) is 74.2 Å². The lowest BCUT2D eigenvalue weighted by Gasteiger charge is -2.42. The summed E-state index contributed by atoms with van der Waals surface area (Å²) in [6.07, 6.45) is 1.69. The molecule has 0 spiro atoms. The van der Waals surface area contributed by atoms with Crippen molar-refractivity contribution in [3.05, 3.63) is 70.9 Å². The number of piperazine rings is 1. The van der Waals surface area contributed by atoms with Gasteiger partial charge in [-0.2, -0.15) is 4.98 Å². The fraction of sp³-hybridized carbons (Fsp3) is 0.455. The predicted molar refractivity (Wildman–Crippen MR) is 175 cm³/mol. The quantitative estimate of drug-likeness (QED) is 0.251. The number of likely N-dealkylation sites (N-methyl/N-ethyl adjacent to an activating group) is 1. The number of anilines is 5. The molecular formula is C33H42ClF2N7. The minimum absolute atomic E-state index is 0.270. The van der Waals surface area contributed by atoms with Gasteiger partial charge in [0.25, 0.3) is 0 Å². The summed E-state index contributed by atoms with van der Waals surface area (Å²) in [6.45, 7) is 14.5. The summed E-state index contributed by atoms with van der Waals surface area (Å²) in [5.41, 5.74) is 6.03. The largest absolute Gasteiger partial charge is 0.371 e. The second-order valence-electron chi connectivity index (χ2n) is 11.6. The van der Waals surface area contributed by atoms with Gasteiger partial charge in [0.05, 0.1) is 6.20 Å². The Kier molecular flexibility index (Phi) is 10.2. The Bertz CT molecular complexity index is 1420. The van der Waals surface area contributed by atoms with Crippen LogP contribution in [0.3, 0.4) is 0 Å². The third kappa shape index (κ3) is 7.63. The first-order valence-electron chi connectivity index (χ1n) is 15.1. The van der Waals surface area contributed by atoms with Crippen molar-refractivity contribution in [2.75, 3.05) is 61.8 Å². The summed E-state index contributed by atoms with van der Waals surface area (Å²) >= 11 is 6.48. The second-order valence-corrected chi connectivity index (χ2v) is 12.0. The maximum absolute atomic E-state index is 13.7. The summed E-state index contributed by atoms with van der Waals surface area (Å²) in [5, 5.41) is 6.86. The summed E-state index contributed by atoms with van der Waals surface area (Å²) < 4.78 is 27.4. The predicted octanol–water partition coefficient (Wildman–Crippen LogP) is 7.24. The van der Waals surface area contributed by atoms with E-state index in [2.05, 4.69) is 61.9 Å². The first-order chi connectivity index (χ1) is 20.7. The molecule has 2 aromatic carbocycles. The molecule has 0 aliphatic carbocycles. The number of alkyl halides is 2. The maximum Gasteiger partial charge on any atom is 0.242 e. The van der Waals surface area contributed by atoms with Gasteiger partial charge in [0.1, 0.15) is 5.02 Å². The van der Waals surface area contributed by atoms with Crippen LogP contribution in [0.15, 0.2) is 49.2 Å². The van der Waals surface area contributed by atoms with Crippen molar-refractivity contribution >= 4 is 46.0 Å². The van der Waals surface area contributed by atoms with Gasteiger partial charge >= 0.3 is 0 Å². The van der Waals surface area contributed by atoms with Crippen LogP contribution in [0, 0.1) is 0 Å². The van der Waals surface area contributed by atoms with E-state index in [9.17, 15) is 8.78 Å². The monoisotopic (exact) mass is 609 g/mol. The van der Waals surface area contributed by atoms with Crippen LogP contribution in [-0.2, 0) is 12.8 Å². The number of allylic oxidation sites excluding steroid dienone is 1. The summed E-state index contributed by atoms with van der Waals surface area (Å²) in [7, 11) is 2.18. The molecule has 0 saturated carbocycles. The normalized spacial score (nSPS) is 17.0. The van der Waals surface area contributed by atoms with Crippen LogP contribution >= 0.6 is 11.6 Å². The van der Waals surface area contributed by atoms with Gasteiger partial charge in [0.2, 0.25) is 12.4 Å². The maximum atomic E-state index is 13.7. The van der Waals surface area contributed by atoms with E-state index in [4.69, 9.17) is 11.6 Å². The molecule has 230 valence electrons. The van der Waals surface area contributed by atoms with Crippen LogP contribution in [0.4, 0.5) is 37.6 Å². The fourth-order valence-electron chi connectivity index (χ4n) is 6.18. The Labute approximate surface area is 259 Å². The minimum Gasteiger partial charge on any atom is -0.371 e. The van der Waals surface area contributed by atoms with Crippen LogP contribution in [0.25, 0.3) is 5.57 Å². The Morgan fingerprint density at radius 1 is 1.02 bits per heavy atom. The Balaban J connectivity index is 1.32. The lowest BCUT2D eigenvalue weighted by molar-refractivity contribution is 0.0982. The molecule has 2 aliphatic heterocycles. The van der Waals surface area contributed by atoms with Crippen molar-refractivity contribution in [3.63, 3.8) is 0 Å². The molecule has 7 nitrogen and oxygen atoms in total. The minimum atomic E-state index is -2.48. The van der Waals surface area contributed by atoms with Crippen molar-refractivity contribution in [2.24, 2.45) is 0 Å². The molecule has 0 bridgehead atoms. The Morgan fingerprint density at radius 2 is 1.77 bits per heavy atom. The molecule has 2 N–H and O–H groups in total. The van der Waals surface area contributed by atoms with Crippen molar-refractivity contribution in [3.8, 4) is 0 Å². The molecule has 3 heterocycles. The lowest BCUT2D eigenvalue weighted by Crippen LogP contribution is -2.52. The Hall–Kier alpha value is -3.27. The molecule has 0 atom stereocenters. The highest BCUT2D eigenvalue weighted by atomic mass is 35.5. The van der Waals surface area contributed by atoms with Gasteiger partial charge in [0.15, 0.2) is 5.82 Å². The highest BCUT2D eigenvalue weighted by Gasteiger charge is 2.27. The first kappa shape index (κ1) is 31.2. The Morgan fingerprint density at radius 3 is 2.44 bits per heavy atom. The van der Waals surface area contributed by atoms with Gasteiger partial charge in [0, 0.05) is 74.4 Å². The van der Waals surface area contributed by atoms with Gasteiger partial charge in [-0.15, -0.1) is 0 Å². The van der Waals surface area contributed by atoms with Gasteiger partial charge in [-0.3, -0.25) is 4.90 Å². The molecule has 1 aromatic heterocycles. The molecule has 0 unspecified atom stereocenters. The average Bonchev–Trinajstić information content (AvgIpc) is 2.99. The standard InChI is InChI=1S/C33H42ClF2N7/c1-5-23-7-6-8-29(31(23)22(2)3)38-32-27(34)21-37-33(40-32)39-28-10-9-26(19-24(28)20-30(35)36)42-13-11-25(12-14-42)43-17-15-41(4)16-18-43/h6-10,19,21,25,30H,2,5,11-18,20H2,1,3-4H3,(H2,37,38,39,40). The molecule has 2 fully saturated rings. The summed E-state index contributed by atoms with van der Waals surface area (Å²) in [4.78, 5) is 16.3. The fourth-order valence-corrected chi connectivity index (χ4v) is 6.31. The number of halogens is 3. The second kappa shape index (κ2) is 14.0. The number of nitrogens with one attached hydrogen (secondary N) is 2. The van der Waals surface area contributed by atoms with Crippen molar-refractivity contribution in [1.82, 2.24) is 19.8 Å². The number of piperidine rings is 1. The highest BCUT2D eigenvalue weighted by molar-refractivity contribution is 6.33. The zero-order valence-corrected chi connectivity index (χ0v) is 26.1. The number of benzene rings is 2. The van der Waals surface area contributed by atoms with E-state index in [0.717, 1.165) is 81.0 Å². The topological polar surface area (TPSA) is 59.6 Å². The smallest absolute Gasteiger partial charge is 0.242 e. The van der Waals surface area contributed by atoms with Crippen LogP contribution in [-0.4, -0.2) is 78.6 Å². The van der Waals surface area contributed by atoms with Crippen molar-refractivity contribution < 1.29 is 8.78 Å². The van der Waals surface area contributed by atoms with Gasteiger partial charge in [-0.25, -0.2) is 13.8 Å². The van der Waals surface area contributed by atoms with Gasteiger partial charge in [-0.1, -0.05) is 37.2 Å². The number of aromatic nitrogens is 2. The molecule has 2 saturated heterocycles. The molecular weight excluding hydrogens is 568 g/mol. The van der Waals surface area contributed by atoms with E-state index in [1.807, 2.05) is 37.3 Å². The van der Waals surface area contributed by atoms with E-state index in [1.165, 1.54) is 11.8 Å². The van der Waals surface area contributed by atoms with E-state index >= 15 is 0 Å². The van der Waals surface area contributed by atoms with Crippen molar-refractivity contribution in [1.29, 1.82) is 0 Å². The SMILES string of the molecule is C=C(C)c1c(CC)cccc1Nc1nc(Nc2ccc(N3CCC(N4CCN(C)CC4)CC3)cc2CC(F)F)ncc1Cl. The highest BCUT2D eigenvalue weighted by Crippen LogP contribution is 2.33. The summed E-state index contributed by atoms with van der Waals surface area (Å²) in [6, 6.07) is 12.3. The zero-order valence-electron chi connectivity index (χ0n) is 25.3. The van der Waals surface area contributed by atoms with Crippen LogP contribution in [0.2, 0.25) is 5.02 Å². The first-order valence-corrected chi connectivity index (χ1v) is 15.5. The number of nitrogens with zero attached hydrogens (tertiary/aromatic N) is 5. The van der Waals surface area contributed by atoms with E-state index in [-0.39, 0.29) is 12.4 Å². The number of hydrogen-bond donors (Lipinski definition) is 2. The number of rotatable bonds is 10. The molecule has 3 aromatic rings. The number of aryl methyl sites for hydroxylation is 1. The summed E-state index contributed by atoms with van der Waals surface area (Å²) in [5.74, 6) is 0.692. The zero-order chi connectivity index (χ0) is 30.5. The van der Waals surface area contributed by atoms with E-state index in [1.54, 1.807) is 0 Å². The van der Waals surface area contributed by atoms with Crippen LogP contribution < -0.4 is 15.5 Å². The van der Waals surface area contributed by atoms with Gasteiger partial charge < -0.3 is 20.4 Å². The lowest BCUT2D eigenvalue weighted by atomic mass is 9.98. The van der Waals surface area contributed by atoms with Crippen LogP contribution in [0.1, 0.15) is 43.4 Å². The molecule has 0 amide bonds. The van der Waals surface area contributed by atoms with E-state index < -0.39 is 6.43 Å². The van der Waals surface area contributed by atoms with Crippen molar-refractivity contribution in [2.45, 2.75) is 52.0 Å². The number of hydrogen-bond acceptors (Lipinski definition) is 7.